The van der Waals surface area contributed by atoms with Crippen LogP contribution in [0.15, 0.2) is 0 Å². The lowest BCUT2D eigenvalue weighted by molar-refractivity contribution is -0.143. The zero-order valence-corrected chi connectivity index (χ0v) is 9.00. The average molecular weight is 219 g/mol. The summed E-state index contributed by atoms with van der Waals surface area (Å²) in [5.41, 5.74) is 0. The lowest BCUT2D eigenvalue weighted by Gasteiger charge is -2.23. The molecule has 0 aliphatic carbocycles. The minimum absolute atomic E-state index is 0.0642. The molecule has 1 unspecified atom stereocenters. The second-order valence-corrected chi connectivity index (χ2v) is 5.65. The van der Waals surface area contributed by atoms with Crippen molar-refractivity contribution in [2.45, 2.75) is 32.1 Å². The number of imide groups is 1. The quantitative estimate of drug-likeness (QED) is 0.618. The van der Waals surface area contributed by atoms with Gasteiger partial charge in [-0.05, 0) is 12.8 Å². The molecule has 1 rings (SSSR count). The maximum Gasteiger partial charge on any atom is 0.227 e. The number of hydrogen-bond donors (Lipinski definition) is 0. The van der Waals surface area contributed by atoms with Crippen LogP contribution in [0, 0.1) is 0 Å². The molecule has 0 aromatic rings. The van der Waals surface area contributed by atoms with E-state index in [1.165, 1.54) is 13.8 Å². The Morgan fingerprint density at radius 3 is 2.00 bits per heavy atom. The number of amides is 2. The van der Waals surface area contributed by atoms with E-state index in [4.69, 9.17) is 0 Å². The molecule has 1 atom stereocenters. The molecule has 6 heteroatoms. The molecule has 80 valence electrons. The smallest absolute Gasteiger partial charge is 0.227 e. The Balaban J connectivity index is 3.01. The van der Waals surface area contributed by atoms with E-state index in [9.17, 15) is 18.0 Å². The molecule has 1 aliphatic rings. The molecule has 2 amide bonds. The van der Waals surface area contributed by atoms with Gasteiger partial charge in [0.05, 0.1) is 5.75 Å². The van der Waals surface area contributed by atoms with Gasteiger partial charge in [-0.25, -0.2) is 8.42 Å². The van der Waals surface area contributed by atoms with Crippen LogP contribution in [-0.4, -0.2) is 36.3 Å². The first-order chi connectivity index (χ1) is 6.36. The summed E-state index contributed by atoms with van der Waals surface area (Å²) >= 11 is 0. The fourth-order valence-electron chi connectivity index (χ4n) is 1.69. The molecule has 0 N–H and O–H groups in total. The van der Waals surface area contributed by atoms with E-state index >= 15 is 0 Å². The van der Waals surface area contributed by atoms with E-state index in [2.05, 4.69) is 0 Å². The number of nitrogens with zero attached hydrogens (tertiary/aromatic N) is 1. The summed E-state index contributed by atoms with van der Waals surface area (Å²) in [5, 5.41) is -0.933. The summed E-state index contributed by atoms with van der Waals surface area (Å²) in [6.07, 6.45) is 0.881. The Bertz CT molecular complexity index is 346. The lowest BCUT2D eigenvalue weighted by atomic mass is 10.3. The molecule has 0 radical (unpaired) electrons. The van der Waals surface area contributed by atoms with E-state index in [0.717, 1.165) is 4.90 Å². The van der Waals surface area contributed by atoms with Crippen LogP contribution in [0.3, 0.4) is 0 Å². The fourth-order valence-corrected chi connectivity index (χ4v) is 3.68. The van der Waals surface area contributed by atoms with Gasteiger partial charge < -0.3 is 0 Å². The highest BCUT2D eigenvalue weighted by atomic mass is 32.2. The second kappa shape index (κ2) is 3.68. The lowest BCUT2D eigenvalue weighted by Crippen LogP contribution is -2.44. The highest BCUT2D eigenvalue weighted by Crippen LogP contribution is 2.23. The van der Waals surface area contributed by atoms with Gasteiger partial charge in [-0.3, -0.25) is 14.5 Å². The molecular weight excluding hydrogens is 206 g/mol. The molecule has 1 fully saturated rings. The average Bonchev–Trinajstić information content (AvgIpc) is 2.29. The standard InChI is InChI=1S/C8H13NO4S/c1-6(10)9(7(2)11)8-4-3-5-14(8,12)13/h8H,3-5H2,1-2H3. The number of hydrogen-bond acceptors (Lipinski definition) is 4. The predicted octanol–water partition coefficient (Wildman–Crippen LogP) is -0.0839. The molecule has 1 saturated heterocycles. The maximum absolute atomic E-state index is 11.5. The summed E-state index contributed by atoms with van der Waals surface area (Å²) in [6.45, 7) is 2.41. The van der Waals surface area contributed by atoms with Crippen molar-refractivity contribution in [3.63, 3.8) is 0 Å². The van der Waals surface area contributed by atoms with Crippen molar-refractivity contribution in [3.05, 3.63) is 0 Å². The van der Waals surface area contributed by atoms with Crippen molar-refractivity contribution < 1.29 is 18.0 Å². The van der Waals surface area contributed by atoms with E-state index in [1.54, 1.807) is 0 Å². The molecule has 14 heavy (non-hydrogen) atoms. The third kappa shape index (κ3) is 1.95. The first kappa shape index (κ1) is 11.2. The molecule has 0 aromatic heterocycles. The van der Waals surface area contributed by atoms with E-state index in [0.29, 0.717) is 12.8 Å². The number of carbonyl (C=O) groups excluding carboxylic acids is 2. The Morgan fingerprint density at radius 2 is 1.71 bits per heavy atom. The number of carbonyl (C=O) groups is 2. The monoisotopic (exact) mass is 219 g/mol. The Labute approximate surface area is 83.0 Å². The third-order valence-electron chi connectivity index (χ3n) is 2.26. The maximum atomic E-state index is 11.5. The molecule has 1 heterocycles. The molecule has 0 bridgehead atoms. The Morgan fingerprint density at radius 1 is 1.21 bits per heavy atom. The molecule has 0 aromatic carbocycles. The van der Waals surface area contributed by atoms with E-state index in [1.807, 2.05) is 0 Å². The van der Waals surface area contributed by atoms with Crippen molar-refractivity contribution in [2.75, 3.05) is 5.75 Å². The molecule has 5 nitrogen and oxygen atoms in total. The minimum atomic E-state index is -3.29. The van der Waals surface area contributed by atoms with Gasteiger partial charge in [0.2, 0.25) is 11.8 Å². The highest BCUT2D eigenvalue weighted by Gasteiger charge is 2.39. The van der Waals surface area contributed by atoms with E-state index in [-0.39, 0.29) is 5.75 Å². The zero-order valence-electron chi connectivity index (χ0n) is 8.19. The number of sulfone groups is 1. The van der Waals surface area contributed by atoms with Gasteiger partial charge in [-0.2, -0.15) is 0 Å². The van der Waals surface area contributed by atoms with Gasteiger partial charge in [0.1, 0.15) is 5.37 Å². The van der Waals surface area contributed by atoms with Gasteiger partial charge in [0.25, 0.3) is 0 Å². The van der Waals surface area contributed by atoms with Crippen molar-refractivity contribution in [1.82, 2.24) is 4.90 Å². The third-order valence-corrected chi connectivity index (χ3v) is 4.39. The van der Waals surface area contributed by atoms with Crippen LogP contribution >= 0.6 is 0 Å². The summed E-state index contributed by atoms with van der Waals surface area (Å²) in [5.74, 6) is -0.949. The van der Waals surface area contributed by atoms with Gasteiger partial charge in [-0.1, -0.05) is 0 Å². The van der Waals surface area contributed by atoms with Crippen LogP contribution in [0.4, 0.5) is 0 Å². The minimum Gasteiger partial charge on any atom is -0.275 e. The SMILES string of the molecule is CC(=O)N(C(C)=O)C1CCCS1(=O)=O. The largest absolute Gasteiger partial charge is 0.275 e. The first-order valence-corrected chi connectivity index (χ1v) is 6.10. The van der Waals surface area contributed by atoms with Gasteiger partial charge >= 0.3 is 0 Å². The van der Waals surface area contributed by atoms with Crippen LogP contribution in [-0.2, 0) is 19.4 Å². The van der Waals surface area contributed by atoms with Crippen LogP contribution in [0.5, 0.6) is 0 Å². The van der Waals surface area contributed by atoms with Gasteiger partial charge in [0, 0.05) is 13.8 Å². The fraction of sp³-hybridized carbons (Fsp3) is 0.750. The summed E-state index contributed by atoms with van der Waals surface area (Å²) in [7, 11) is -3.29. The summed E-state index contributed by atoms with van der Waals surface area (Å²) in [4.78, 5) is 23.0. The second-order valence-electron chi connectivity index (χ2n) is 3.37. The van der Waals surface area contributed by atoms with Crippen LogP contribution in [0.2, 0.25) is 0 Å². The van der Waals surface area contributed by atoms with Crippen molar-refractivity contribution in [3.8, 4) is 0 Å². The Hall–Kier alpha value is -0.910. The van der Waals surface area contributed by atoms with Gasteiger partial charge in [0.15, 0.2) is 9.84 Å². The van der Waals surface area contributed by atoms with Crippen LogP contribution in [0.25, 0.3) is 0 Å². The summed E-state index contributed by atoms with van der Waals surface area (Å²) < 4.78 is 22.9. The molecule has 0 saturated carbocycles. The molecule has 1 aliphatic heterocycles. The normalized spacial score (nSPS) is 24.6. The summed E-state index contributed by atoms with van der Waals surface area (Å²) in [6, 6.07) is 0. The Kier molecular flexibility index (Phi) is 2.94. The molecule has 0 spiro atoms. The highest BCUT2D eigenvalue weighted by molar-refractivity contribution is 7.92. The predicted molar refractivity (Wildman–Crippen MR) is 50.0 cm³/mol. The van der Waals surface area contributed by atoms with Crippen molar-refractivity contribution in [2.24, 2.45) is 0 Å². The van der Waals surface area contributed by atoms with Gasteiger partial charge in [-0.15, -0.1) is 0 Å². The zero-order chi connectivity index (χ0) is 10.9. The number of rotatable bonds is 1. The van der Waals surface area contributed by atoms with Crippen molar-refractivity contribution >= 4 is 21.7 Å². The first-order valence-electron chi connectivity index (χ1n) is 4.38. The van der Waals surface area contributed by atoms with E-state index < -0.39 is 27.0 Å². The topological polar surface area (TPSA) is 71.5 Å². The van der Waals surface area contributed by atoms with Crippen LogP contribution < -0.4 is 0 Å². The van der Waals surface area contributed by atoms with Crippen molar-refractivity contribution in [1.29, 1.82) is 0 Å². The molecular formula is C8H13NO4S. The van der Waals surface area contributed by atoms with Crippen LogP contribution in [0.1, 0.15) is 26.7 Å².